The molecule has 1 unspecified atom stereocenters. The first-order valence-corrected chi connectivity index (χ1v) is 11.0. The average Bonchev–Trinajstić information content (AvgIpc) is 3.42. The quantitative estimate of drug-likeness (QED) is 0.483. The number of ether oxygens (including phenoxy) is 1. The summed E-state index contributed by atoms with van der Waals surface area (Å²) < 4.78 is 5.41. The van der Waals surface area contributed by atoms with Gasteiger partial charge in [-0.2, -0.15) is 0 Å². The number of benzene rings is 2. The van der Waals surface area contributed by atoms with Gasteiger partial charge in [0.25, 0.3) is 0 Å². The Kier molecular flexibility index (Phi) is 6.51. The number of aliphatic carboxylic acids is 1. The van der Waals surface area contributed by atoms with Crippen LogP contribution in [0.15, 0.2) is 66.0 Å². The van der Waals surface area contributed by atoms with E-state index in [2.05, 4.69) is 22.8 Å². The van der Waals surface area contributed by atoms with E-state index in [4.69, 9.17) is 9.84 Å². The number of rotatable bonds is 8. The third-order valence-electron chi connectivity index (χ3n) is 5.34. The van der Waals surface area contributed by atoms with Crippen LogP contribution in [0, 0.1) is 0 Å². The maximum atomic E-state index is 12.3. The minimum atomic E-state index is -1.02. The number of alkyl carbamates (subject to hydrolysis) is 1. The van der Waals surface area contributed by atoms with E-state index < -0.39 is 24.0 Å². The van der Waals surface area contributed by atoms with Crippen LogP contribution in [-0.4, -0.2) is 36.2 Å². The van der Waals surface area contributed by atoms with Crippen molar-refractivity contribution in [3.8, 4) is 11.1 Å². The van der Waals surface area contributed by atoms with E-state index in [0.29, 0.717) is 0 Å². The lowest BCUT2D eigenvalue weighted by molar-refractivity contribution is -0.137. The number of carboxylic acids is 1. The molecule has 1 aliphatic carbocycles. The number of carbonyl (C=O) groups excluding carboxylic acids is 2. The Morgan fingerprint density at radius 3 is 2.22 bits per heavy atom. The number of hydrogen-bond acceptors (Lipinski definition) is 5. The lowest BCUT2D eigenvalue weighted by atomic mass is 9.98. The molecular formula is C24H22N2O5S. The Labute approximate surface area is 189 Å². The summed E-state index contributed by atoms with van der Waals surface area (Å²) in [6.07, 6.45) is -0.940. The minimum Gasteiger partial charge on any atom is -0.481 e. The molecule has 0 aliphatic heterocycles. The van der Waals surface area contributed by atoms with Crippen molar-refractivity contribution in [2.45, 2.75) is 18.4 Å². The van der Waals surface area contributed by atoms with Crippen LogP contribution in [0.5, 0.6) is 0 Å². The fourth-order valence-electron chi connectivity index (χ4n) is 3.93. The van der Waals surface area contributed by atoms with E-state index >= 15 is 0 Å². The lowest BCUT2D eigenvalue weighted by Crippen LogP contribution is -2.39. The van der Waals surface area contributed by atoms with E-state index in [-0.39, 0.29) is 25.5 Å². The average molecular weight is 451 g/mol. The summed E-state index contributed by atoms with van der Waals surface area (Å²) in [6, 6.07) is 19.0. The molecule has 0 fully saturated rings. The Morgan fingerprint density at radius 2 is 1.62 bits per heavy atom. The Bertz CT molecular complexity index is 1080. The highest BCUT2D eigenvalue weighted by atomic mass is 32.1. The molecule has 8 heteroatoms. The molecule has 4 rings (SSSR count). The topological polar surface area (TPSA) is 105 Å². The molecule has 1 aromatic heterocycles. The van der Waals surface area contributed by atoms with Gasteiger partial charge >= 0.3 is 12.1 Å². The van der Waals surface area contributed by atoms with Crippen molar-refractivity contribution < 1.29 is 24.2 Å². The molecule has 1 heterocycles. The Hall–Kier alpha value is -3.65. The van der Waals surface area contributed by atoms with Crippen LogP contribution in [0.3, 0.4) is 0 Å². The summed E-state index contributed by atoms with van der Waals surface area (Å²) in [5.41, 5.74) is 4.47. The lowest BCUT2D eigenvalue weighted by Gasteiger charge is -2.17. The fourth-order valence-corrected chi connectivity index (χ4v) is 4.71. The van der Waals surface area contributed by atoms with Crippen LogP contribution in [0.2, 0.25) is 0 Å². The summed E-state index contributed by atoms with van der Waals surface area (Å²) in [4.78, 5) is 36.3. The summed E-state index contributed by atoms with van der Waals surface area (Å²) in [5.74, 6) is -1.58. The molecule has 0 bridgehead atoms. The third-order valence-corrected chi connectivity index (χ3v) is 6.32. The van der Waals surface area contributed by atoms with Gasteiger partial charge in [0.05, 0.1) is 12.5 Å². The Balaban J connectivity index is 1.31. The first-order valence-electron chi connectivity index (χ1n) is 10.2. The standard InChI is InChI=1S/C24H22N2O5S/c27-22(26-20(12-23(28)29)21-10-5-11-32-21)13-25-24(30)31-14-19-17-8-3-1-6-15(17)16-7-2-4-9-18(16)19/h1-11,19-20H,12-14H2,(H,25,30)(H,26,27)(H,28,29). The molecule has 32 heavy (non-hydrogen) atoms. The van der Waals surface area contributed by atoms with Crippen molar-refractivity contribution in [2.75, 3.05) is 13.2 Å². The van der Waals surface area contributed by atoms with Crippen molar-refractivity contribution in [3.05, 3.63) is 82.0 Å². The van der Waals surface area contributed by atoms with Crippen LogP contribution < -0.4 is 10.6 Å². The van der Waals surface area contributed by atoms with E-state index in [9.17, 15) is 14.4 Å². The second-order valence-corrected chi connectivity index (χ2v) is 8.39. The van der Waals surface area contributed by atoms with Gasteiger partial charge in [-0.15, -0.1) is 11.3 Å². The van der Waals surface area contributed by atoms with Gasteiger partial charge in [0, 0.05) is 10.8 Å². The van der Waals surface area contributed by atoms with Crippen molar-refractivity contribution in [2.24, 2.45) is 0 Å². The number of carbonyl (C=O) groups is 3. The van der Waals surface area contributed by atoms with Gasteiger partial charge in [0.15, 0.2) is 0 Å². The van der Waals surface area contributed by atoms with Gasteiger partial charge in [-0.25, -0.2) is 4.79 Å². The second kappa shape index (κ2) is 9.65. The fraction of sp³-hybridized carbons (Fsp3) is 0.208. The van der Waals surface area contributed by atoms with E-state index in [1.807, 2.05) is 41.8 Å². The van der Waals surface area contributed by atoms with Crippen molar-refractivity contribution in [1.82, 2.24) is 10.6 Å². The van der Waals surface area contributed by atoms with Crippen molar-refractivity contribution >= 4 is 29.3 Å². The van der Waals surface area contributed by atoms with Gasteiger partial charge < -0.3 is 20.5 Å². The maximum Gasteiger partial charge on any atom is 0.407 e. The summed E-state index contributed by atoms with van der Waals surface area (Å²) in [6.45, 7) is -0.156. The molecule has 3 aromatic rings. The molecule has 0 saturated carbocycles. The van der Waals surface area contributed by atoms with Gasteiger partial charge in [-0.05, 0) is 33.7 Å². The molecule has 1 aliphatic rings. The zero-order valence-electron chi connectivity index (χ0n) is 17.1. The van der Waals surface area contributed by atoms with Crippen LogP contribution in [-0.2, 0) is 14.3 Å². The van der Waals surface area contributed by atoms with Crippen molar-refractivity contribution in [3.63, 3.8) is 0 Å². The highest BCUT2D eigenvalue weighted by Crippen LogP contribution is 2.44. The highest BCUT2D eigenvalue weighted by molar-refractivity contribution is 7.10. The number of thiophene rings is 1. The normalized spacial score (nSPS) is 13.0. The van der Waals surface area contributed by atoms with Gasteiger partial charge in [0.2, 0.25) is 5.91 Å². The Morgan fingerprint density at radius 1 is 0.969 bits per heavy atom. The van der Waals surface area contributed by atoms with Gasteiger partial charge in [-0.3, -0.25) is 9.59 Å². The smallest absolute Gasteiger partial charge is 0.407 e. The number of nitrogens with one attached hydrogen (secondary N) is 2. The highest BCUT2D eigenvalue weighted by Gasteiger charge is 2.29. The first kappa shape index (κ1) is 21.6. The maximum absolute atomic E-state index is 12.3. The predicted octanol–water partition coefficient (Wildman–Crippen LogP) is 3.92. The van der Waals surface area contributed by atoms with Crippen LogP contribution in [0.25, 0.3) is 11.1 Å². The number of carboxylic acid groups (broad SMARTS) is 1. The summed E-state index contributed by atoms with van der Waals surface area (Å²) in [5, 5.41) is 16.0. The SMILES string of the molecule is O=C(O)CC(NC(=O)CNC(=O)OCC1c2ccccc2-c2ccccc21)c1cccs1. The zero-order valence-corrected chi connectivity index (χ0v) is 17.9. The van der Waals surface area contributed by atoms with Crippen LogP contribution in [0.1, 0.15) is 34.4 Å². The van der Waals surface area contributed by atoms with E-state index in [0.717, 1.165) is 27.1 Å². The molecule has 0 radical (unpaired) electrons. The third kappa shape index (κ3) is 4.81. The summed E-state index contributed by atoms with van der Waals surface area (Å²) in [7, 11) is 0. The number of fused-ring (bicyclic) bond motifs is 3. The largest absolute Gasteiger partial charge is 0.481 e. The second-order valence-electron chi connectivity index (χ2n) is 7.41. The number of hydrogen-bond donors (Lipinski definition) is 3. The predicted molar refractivity (Wildman–Crippen MR) is 121 cm³/mol. The molecule has 3 N–H and O–H groups in total. The summed E-state index contributed by atoms with van der Waals surface area (Å²) >= 11 is 1.36. The molecule has 1 atom stereocenters. The number of amides is 2. The monoisotopic (exact) mass is 450 g/mol. The van der Waals surface area contributed by atoms with Crippen LogP contribution in [0.4, 0.5) is 4.79 Å². The molecule has 164 valence electrons. The molecule has 2 amide bonds. The van der Waals surface area contributed by atoms with Crippen molar-refractivity contribution in [1.29, 1.82) is 0 Å². The molecule has 7 nitrogen and oxygen atoms in total. The molecular weight excluding hydrogens is 428 g/mol. The van der Waals surface area contributed by atoms with Gasteiger partial charge in [0.1, 0.15) is 13.2 Å². The first-order chi connectivity index (χ1) is 15.5. The van der Waals surface area contributed by atoms with E-state index in [1.165, 1.54) is 11.3 Å². The molecule has 2 aromatic carbocycles. The molecule has 0 spiro atoms. The van der Waals surface area contributed by atoms with E-state index in [1.54, 1.807) is 12.1 Å². The zero-order chi connectivity index (χ0) is 22.5. The van der Waals surface area contributed by atoms with Gasteiger partial charge in [-0.1, -0.05) is 54.6 Å². The molecule has 0 saturated heterocycles. The minimum absolute atomic E-state index is 0.0687. The van der Waals surface area contributed by atoms with Crippen LogP contribution >= 0.6 is 11.3 Å².